The van der Waals surface area contributed by atoms with Crippen molar-refractivity contribution in [3.63, 3.8) is 0 Å². The smallest absolute Gasteiger partial charge is 0.248 e. The molecular formula is C40H54N4O4. The Hall–Kier alpha value is -3.94. The maximum absolute atomic E-state index is 14.4. The Bertz CT molecular complexity index is 1760. The van der Waals surface area contributed by atoms with Gasteiger partial charge in [0.25, 0.3) is 0 Å². The number of amides is 2. The topological polar surface area (TPSA) is 102 Å². The number of ketones is 1. The summed E-state index contributed by atoms with van der Waals surface area (Å²) in [6.45, 7) is 29.0. The summed E-state index contributed by atoms with van der Waals surface area (Å²) >= 11 is 0. The Balaban J connectivity index is 1.76. The molecule has 0 radical (unpaired) electrons. The molecular weight excluding hydrogens is 600 g/mol. The van der Waals surface area contributed by atoms with E-state index in [-0.39, 0.29) is 81.3 Å². The van der Waals surface area contributed by atoms with Crippen LogP contribution in [0, 0.1) is 17.3 Å². The van der Waals surface area contributed by atoms with Crippen LogP contribution < -0.4 is 10.2 Å². The molecule has 0 bridgehead atoms. The zero-order valence-corrected chi connectivity index (χ0v) is 31.3. The number of nitrogens with one attached hydrogen (secondary N) is 1. The van der Waals surface area contributed by atoms with Crippen LogP contribution in [0.25, 0.3) is 5.57 Å². The third-order valence-corrected chi connectivity index (χ3v) is 11.2. The van der Waals surface area contributed by atoms with Crippen LogP contribution in [-0.4, -0.2) is 57.5 Å². The van der Waals surface area contributed by atoms with Gasteiger partial charge >= 0.3 is 0 Å². The van der Waals surface area contributed by atoms with Crippen LogP contribution in [-0.2, 0) is 19.8 Å². The molecule has 0 saturated carbocycles. The van der Waals surface area contributed by atoms with Gasteiger partial charge in [0.2, 0.25) is 17.6 Å². The van der Waals surface area contributed by atoms with Crippen LogP contribution in [0.5, 0.6) is 0 Å². The number of nitrogens with zero attached hydrogens (tertiary/aromatic N) is 3. The van der Waals surface area contributed by atoms with E-state index < -0.39 is 0 Å². The van der Waals surface area contributed by atoms with Crippen molar-refractivity contribution < 1.29 is 19.5 Å². The number of aliphatic hydroxyl groups is 1. The lowest BCUT2D eigenvalue weighted by atomic mass is 9.73. The maximum Gasteiger partial charge on any atom is 0.248 e. The van der Waals surface area contributed by atoms with Crippen molar-refractivity contribution in [1.29, 1.82) is 0 Å². The molecule has 48 heavy (non-hydrogen) atoms. The second-order valence-electron chi connectivity index (χ2n) is 16.3. The molecule has 0 spiro atoms. The molecule has 258 valence electrons. The van der Waals surface area contributed by atoms with Crippen LogP contribution in [0.1, 0.15) is 108 Å². The summed E-state index contributed by atoms with van der Waals surface area (Å²) in [7, 11) is 0. The largest absolute Gasteiger partial charge is 0.506 e. The average Bonchev–Trinajstić information content (AvgIpc) is 3.29. The predicted octanol–water partition coefficient (Wildman–Crippen LogP) is 7.91. The number of benzene rings is 1. The van der Waals surface area contributed by atoms with E-state index in [4.69, 9.17) is 0 Å². The zero-order chi connectivity index (χ0) is 35.9. The van der Waals surface area contributed by atoms with Crippen molar-refractivity contribution >= 4 is 40.3 Å². The molecule has 2 unspecified atom stereocenters. The molecule has 2 atom stereocenters. The van der Waals surface area contributed by atoms with Gasteiger partial charge in [0.1, 0.15) is 5.76 Å². The number of fused-ring (bicyclic) bond motifs is 2. The predicted molar refractivity (Wildman–Crippen MR) is 195 cm³/mol. The number of carbonyl (C=O) groups is 3. The van der Waals surface area contributed by atoms with Gasteiger partial charge in [-0.25, -0.2) is 4.99 Å². The number of aliphatic hydroxyl groups excluding tert-OH is 1. The zero-order valence-electron chi connectivity index (χ0n) is 31.3. The quantitative estimate of drug-likeness (QED) is 0.302. The number of rotatable bonds is 6. The molecule has 0 aromatic heterocycles. The van der Waals surface area contributed by atoms with E-state index in [1.165, 1.54) is 0 Å². The number of allylic oxidation sites excluding steroid dienone is 6. The first kappa shape index (κ1) is 35.4. The summed E-state index contributed by atoms with van der Waals surface area (Å²) in [4.78, 5) is 49.7. The fourth-order valence-corrected chi connectivity index (χ4v) is 7.67. The summed E-state index contributed by atoms with van der Waals surface area (Å²) in [5.41, 5.74) is 5.72. The van der Waals surface area contributed by atoms with Crippen molar-refractivity contribution in [1.82, 2.24) is 4.90 Å². The molecule has 1 saturated heterocycles. The minimum atomic E-state index is -0.338. The summed E-state index contributed by atoms with van der Waals surface area (Å²) in [6, 6.07) is 4.69. The highest BCUT2D eigenvalue weighted by atomic mass is 16.3. The fraction of sp³-hybridized carbons (Fsp3) is 0.550. The van der Waals surface area contributed by atoms with E-state index in [2.05, 4.69) is 89.3 Å². The van der Waals surface area contributed by atoms with Crippen LogP contribution in [0.3, 0.4) is 0 Å². The normalized spacial score (nSPS) is 25.3. The van der Waals surface area contributed by atoms with Gasteiger partial charge in [-0.3, -0.25) is 14.4 Å². The highest BCUT2D eigenvalue weighted by molar-refractivity contribution is 6.42. The van der Waals surface area contributed by atoms with E-state index in [1.54, 1.807) is 13.8 Å². The number of Topliss-reactive ketones (excluding diaryl/α,β-unsaturated/α-hetero) is 1. The Morgan fingerprint density at radius 3 is 1.94 bits per heavy atom. The highest BCUT2D eigenvalue weighted by Gasteiger charge is 2.49. The molecule has 2 aliphatic heterocycles. The fourth-order valence-electron chi connectivity index (χ4n) is 7.67. The van der Waals surface area contributed by atoms with Gasteiger partial charge < -0.3 is 20.2 Å². The van der Waals surface area contributed by atoms with E-state index in [0.29, 0.717) is 22.5 Å². The maximum atomic E-state index is 14.4. The molecule has 2 heterocycles. The molecule has 2 aliphatic carbocycles. The first-order valence-corrected chi connectivity index (χ1v) is 17.5. The monoisotopic (exact) mass is 654 g/mol. The lowest BCUT2D eigenvalue weighted by molar-refractivity contribution is -0.120. The van der Waals surface area contributed by atoms with Gasteiger partial charge in [0.15, 0.2) is 0 Å². The lowest BCUT2D eigenvalue weighted by Crippen LogP contribution is -2.42. The molecule has 2 N–H and O–H groups in total. The lowest BCUT2D eigenvalue weighted by Gasteiger charge is -2.34. The molecule has 5 rings (SSSR count). The molecule has 1 fully saturated rings. The molecule has 2 amide bonds. The molecule has 8 heteroatoms. The first-order valence-electron chi connectivity index (χ1n) is 17.5. The summed E-state index contributed by atoms with van der Waals surface area (Å²) in [5.74, 6) is -1.57. The molecule has 4 aliphatic rings. The number of anilines is 2. The van der Waals surface area contributed by atoms with Gasteiger partial charge in [-0.15, -0.1) is 0 Å². The van der Waals surface area contributed by atoms with Crippen LogP contribution in [0.2, 0.25) is 0 Å². The third kappa shape index (κ3) is 5.26. The van der Waals surface area contributed by atoms with Gasteiger partial charge in [-0.1, -0.05) is 55.4 Å². The summed E-state index contributed by atoms with van der Waals surface area (Å²) in [5, 5.41) is 14.9. The highest BCUT2D eigenvalue weighted by Crippen LogP contribution is 2.53. The number of hydrogen-bond acceptors (Lipinski definition) is 6. The van der Waals surface area contributed by atoms with Crippen molar-refractivity contribution in [2.75, 3.05) is 10.2 Å². The Morgan fingerprint density at radius 2 is 1.42 bits per heavy atom. The average molecular weight is 655 g/mol. The van der Waals surface area contributed by atoms with Crippen LogP contribution in [0.4, 0.5) is 11.4 Å². The molecule has 1 aromatic carbocycles. The Kier molecular flexibility index (Phi) is 8.76. The van der Waals surface area contributed by atoms with Crippen LogP contribution in [0.15, 0.2) is 57.5 Å². The van der Waals surface area contributed by atoms with E-state index >= 15 is 0 Å². The Labute approximate surface area is 286 Å². The van der Waals surface area contributed by atoms with Crippen molar-refractivity contribution in [3.05, 3.63) is 63.6 Å². The second kappa shape index (κ2) is 11.9. The minimum absolute atomic E-state index is 0.146. The molecule has 8 nitrogen and oxygen atoms in total. The second-order valence-corrected chi connectivity index (χ2v) is 16.3. The van der Waals surface area contributed by atoms with Crippen molar-refractivity contribution in [2.24, 2.45) is 22.2 Å². The van der Waals surface area contributed by atoms with E-state index in [0.717, 1.165) is 22.5 Å². The summed E-state index contributed by atoms with van der Waals surface area (Å²) in [6.07, 6.45) is 3.87. The van der Waals surface area contributed by atoms with E-state index in [9.17, 15) is 19.5 Å². The number of aliphatic imine (C=N–C) groups is 1. The minimum Gasteiger partial charge on any atom is -0.506 e. The third-order valence-electron chi connectivity index (χ3n) is 11.2. The SMILES string of the molecule is CC(C)C(=O)N=C1C=C2C(=CC1=C1C(=O)C(c3cc4c(cc3NC(=O)C(C)C)N(C(C)C)C(C)C4(C)C)=C1O)C(C)(C)C(C)N2C(C)C. The first-order chi connectivity index (χ1) is 22.1. The standard InChI is InChI=1S/C40H54N4O4/c1-19(2)37(47)41-29-17-31-27(39(11,12)23(9)43(31)21(5)6)15-25(29)33-35(45)34(36(33)46)26-16-28-32(18-30(26)42-38(48)20(3)4)44(22(7)8)24(10)40(28,13)14/h15-24,45H,1-14H3,(H,41,47). The summed E-state index contributed by atoms with van der Waals surface area (Å²) < 4.78 is 0. The van der Waals surface area contributed by atoms with Crippen LogP contribution >= 0.6 is 0 Å². The Morgan fingerprint density at radius 1 is 0.833 bits per heavy atom. The molecule has 1 aromatic rings. The van der Waals surface area contributed by atoms with Gasteiger partial charge in [-0.2, -0.15) is 0 Å². The van der Waals surface area contributed by atoms with Gasteiger partial charge in [-0.05, 0) is 77.0 Å². The number of likely N-dealkylation sites (tertiary alicyclic amines) is 1. The van der Waals surface area contributed by atoms with Gasteiger partial charge in [0.05, 0.1) is 22.5 Å². The number of carbonyl (C=O) groups excluding carboxylic acids is 3. The van der Waals surface area contributed by atoms with Crippen molar-refractivity contribution in [2.45, 2.75) is 127 Å². The van der Waals surface area contributed by atoms with E-state index in [1.807, 2.05) is 38.1 Å². The number of hydrogen-bond donors (Lipinski definition) is 2. The van der Waals surface area contributed by atoms with Gasteiger partial charge in [0, 0.05) is 69.4 Å². The van der Waals surface area contributed by atoms with Crippen molar-refractivity contribution in [3.8, 4) is 0 Å².